The molecule has 1 amide bonds. The molecular weight excluding hydrogens is 308 g/mol. The normalized spacial score (nSPS) is 37.1. The van der Waals surface area contributed by atoms with Crippen molar-refractivity contribution in [2.45, 2.75) is 70.3 Å². The Balaban J connectivity index is 1.58. The lowest BCUT2D eigenvalue weighted by Gasteiger charge is -2.61. The standard InChI is InChI=1S/C22H32N2O/c1-15-3-5-19(6-4-15)21-10-17-9-18(11-21)13-22(12-17,14-21)20(25)24-8-7-16(2)23/h3-6,16-18H,7-14,23H2,1-2H3,(H,24,25). The molecule has 5 rings (SSSR count). The Bertz CT molecular complexity index is 634. The molecule has 0 aromatic heterocycles. The first-order chi connectivity index (χ1) is 11.9. The highest BCUT2D eigenvalue weighted by atomic mass is 16.2. The number of hydrogen-bond donors (Lipinski definition) is 2. The van der Waals surface area contributed by atoms with Crippen molar-refractivity contribution >= 4 is 5.91 Å². The molecule has 0 spiro atoms. The average Bonchev–Trinajstić information content (AvgIpc) is 2.53. The molecule has 3 heteroatoms. The van der Waals surface area contributed by atoms with E-state index in [4.69, 9.17) is 5.73 Å². The van der Waals surface area contributed by atoms with Gasteiger partial charge in [-0.3, -0.25) is 4.79 Å². The molecule has 1 aromatic rings. The van der Waals surface area contributed by atoms with Gasteiger partial charge < -0.3 is 11.1 Å². The second-order valence-corrected chi connectivity index (χ2v) is 9.41. The minimum atomic E-state index is -0.132. The lowest BCUT2D eigenvalue weighted by Crippen LogP contribution is -2.59. The van der Waals surface area contributed by atoms with Gasteiger partial charge in [-0.25, -0.2) is 0 Å². The van der Waals surface area contributed by atoms with Gasteiger partial charge in [-0.2, -0.15) is 0 Å². The molecule has 25 heavy (non-hydrogen) atoms. The van der Waals surface area contributed by atoms with Crippen molar-refractivity contribution in [2.75, 3.05) is 6.54 Å². The van der Waals surface area contributed by atoms with E-state index >= 15 is 0 Å². The molecular formula is C22H32N2O. The Labute approximate surface area is 151 Å². The van der Waals surface area contributed by atoms with Crippen LogP contribution in [-0.4, -0.2) is 18.5 Å². The molecule has 0 radical (unpaired) electrons. The van der Waals surface area contributed by atoms with Gasteiger partial charge in [0.25, 0.3) is 0 Å². The van der Waals surface area contributed by atoms with Crippen LogP contribution in [0.3, 0.4) is 0 Å². The second kappa shape index (κ2) is 6.12. The van der Waals surface area contributed by atoms with Crippen molar-refractivity contribution in [3.8, 4) is 0 Å². The number of benzene rings is 1. The van der Waals surface area contributed by atoms with E-state index in [1.54, 1.807) is 0 Å². The average molecular weight is 341 g/mol. The number of carbonyl (C=O) groups is 1. The SMILES string of the molecule is Cc1ccc(C23CC4CC(CC(C(=O)NCCC(C)N)(C4)C2)C3)cc1. The van der Waals surface area contributed by atoms with E-state index in [2.05, 4.69) is 36.5 Å². The number of amides is 1. The van der Waals surface area contributed by atoms with Crippen LogP contribution in [0.4, 0.5) is 0 Å². The van der Waals surface area contributed by atoms with Crippen molar-refractivity contribution < 1.29 is 4.79 Å². The largest absolute Gasteiger partial charge is 0.356 e. The van der Waals surface area contributed by atoms with Crippen LogP contribution in [0.5, 0.6) is 0 Å². The van der Waals surface area contributed by atoms with Gasteiger partial charge in [0.2, 0.25) is 5.91 Å². The first-order valence-corrected chi connectivity index (χ1v) is 10.0. The third-order valence-electron chi connectivity index (χ3n) is 7.09. The molecule has 0 aliphatic heterocycles. The van der Waals surface area contributed by atoms with Crippen LogP contribution in [0.1, 0.15) is 63.0 Å². The predicted octanol–water partition coefficient (Wildman–Crippen LogP) is 3.69. The third kappa shape index (κ3) is 3.01. The molecule has 3 atom stereocenters. The summed E-state index contributed by atoms with van der Waals surface area (Å²) in [4.78, 5) is 13.2. The summed E-state index contributed by atoms with van der Waals surface area (Å²) in [7, 11) is 0. The first-order valence-electron chi connectivity index (χ1n) is 10.0. The predicted molar refractivity (Wildman–Crippen MR) is 101 cm³/mol. The zero-order valence-corrected chi connectivity index (χ0v) is 15.7. The van der Waals surface area contributed by atoms with Crippen LogP contribution in [0, 0.1) is 24.2 Å². The van der Waals surface area contributed by atoms with E-state index in [9.17, 15) is 4.79 Å². The van der Waals surface area contributed by atoms with E-state index in [0.717, 1.165) is 37.5 Å². The van der Waals surface area contributed by atoms with E-state index < -0.39 is 0 Å². The summed E-state index contributed by atoms with van der Waals surface area (Å²) in [6, 6.07) is 9.27. The monoisotopic (exact) mass is 340 g/mol. The molecule has 4 fully saturated rings. The van der Waals surface area contributed by atoms with E-state index in [-0.39, 0.29) is 16.9 Å². The summed E-state index contributed by atoms with van der Waals surface area (Å²) in [5, 5.41) is 3.23. The summed E-state index contributed by atoms with van der Waals surface area (Å²) in [5.74, 6) is 1.75. The highest BCUT2D eigenvalue weighted by Crippen LogP contribution is 2.65. The smallest absolute Gasteiger partial charge is 0.226 e. The first kappa shape index (κ1) is 17.1. The van der Waals surface area contributed by atoms with Crippen LogP contribution in [0.15, 0.2) is 24.3 Å². The van der Waals surface area contributed by atoms with Crippen LogP contribution in [0.2, 0.25) is 0 Å². The molecule has 3 nitrogen and oxygen atoms in total. The highest BCUT2D eigenvalue weighted by Gasteiger charge is 2.60. The minimum absolute atomic E-state index is 0.132. The van der Waals surface area contributed by atoms with Crippen molar-refractivity contribution in [3.63, 3.8) is 0 Å². The summed E-state index contributed by atoms with van der Waals surface area (Å²) < 4.78 is 0. The number of rotatable bonds is 5. The lowest BCUT2D eigenvalue weighted by atomic mass is 9.42. The number of carbonyl (C=O) groups excluding carboxylic acids is 1. The van der Waals surface area contributed by atoms with Gasteiger partial charge in [0.05, 0.1) is 5.41 Å². The summed E-state index contributed by atoms with van der Waals surface area (Å²) in [6.07, 6.45) is 7.99. The fourth-order valence-corrected chi connectivity index (χ4v) is 6.37. The molecule has 0 saturated heterocycles. The zero-order chi connectivity index (χ0) is 17.7. The van der Waals surface area contributed by atoms with Crippen molar-refractivity contribution in [2.24, 2.45) is 23.0 Å². The second-order valence-electron chi connectivity index (χ2n) is 9.41. The fourth-order valence-electron chi connectivity index (χ4n) is 6.37. The van der Waals surface area contributed by atoms with E-state index in [0.29, 0.717) is 12.5 Å². The van der Waals surface area contributed by atoms with Crippen molar-refractivity contribution in [3.05, 3.63) is 35.4 Å². The van der Waals surface area contributed by atoms with Crippen LogP contribution < -0.4 is 11.1 Å². The van der Waals surface area contributed by atoms with Crippen molar-refractivity contribution in [1.29, 1.82) is 0 Å². The zero-order valence-electron chi connectivity index (χ0n) is 15.7. The summed E-state index contributed by atoms with van der Waals surface area (Å²) in [6.45, 7) is 4.87. The van der Waals surface area contributed by atoms with Crippen molar-refractivity contribution in [1.82, 2.24) is 5.32 Å². The molecule has 1 aromatic carbocycles. The Kier molecular flexibility index (Phi) is 4.18. The maximum atomic E-state index is 13.2. The van der Waals surface area contributed by atoms with Crippen LogP contribution in [-0.2, 0) is 10.2 Å². The van der Waals surface area contributed by atoms with Gasteiger partial charge in [-0.15, -0.1) is 0 Å². The van der Waals surface area contributed by atoms with Gasteiger partial charge in [0.15, 0.2) is 0 Å². The fraction of sp³-hybridized carbons (Fsp3) is 0.682. The topological polar surface area (TPSA) is 55.1 Å². The van der Waals surface area contributed by atoms with Gasteiger partial charge in [0.1, 0.15) is 0 Å². The van der Waals surface area contributed by atoms with Gasteiger partial charge in [-0.1, -0.05) is 29.8 Å². The number of hydrogen-bond acceptors (Lipinski definition) is 2. The Hall–Kier alpha value is -1.35. The molecule has 4 aliphatic carbocycles. The maximum absolute atomic E-state index is 13.2. The minimum Gasteiger partial charge on any atom is -0.356 e. The lowest BCUT2D eigenvalue weighted by molar-refractivity contribution is -0.149. The highest BCUT2D eigenvalue weighted by molar-refractivity contribution is 5.83. The summed E-state index contributed by atoms with van der Waals surface area (Å²) in [5.41, 5.74) is 8.73. The number of nitrogens with two attached hydrogens (primary N) is 1. The Morgan fingerprint density at radius 2 is 1.84 bits per heavy atom. The third-order valence-corrected chi connectivity index (χ3v) is 7.09. The molecule has 4 aliphatic rings. The van der Waals surface area contributed by atoms with Gasteiger partial charge in [0, 0.05) is 12.6 Å². The van der Waals surface area contributed by atoms with Gasteiger partial charge >= 0.3 is 0 Å². The molecule has 3 unspecified atom stereocenters. The molecule has 3 N–H and O–H groups in total. The quantitative estimate of drug-likeness (QED) is 0.859. The Morgan fingerprint density at radius 1 is 1.20 bits per heavy atom. The molecule has 0 heterocycles. The number of aryl methyl sites for hydroxylation is 1. The van der Waals surface area contributed by atoms with Crippen LogP contribution >= 0.6 is 0 Å². The maximum Gasteiger partial charge on any atom is 0.226 e. The van der Waals surface area contributed by atoms with Gasteiger partial charge in [-0.05, 0) is 81.6 Å². The number of nitrogens with one attached hydrogen (secondary N) is 1. The molecule has 4 saturated carbocycles. The van der Waals surface area contributed by atoms with E-state index in [1.807, 2.05) is 6.92 Å². The van der Waals surface area contributed by atoms with E-state index in [1.165, 1.54) is 30.4 Å². The molecule has 136 valence electrons. The summed E-state index contributed by atoms with van der Waals surface area (Å²) >= 11 is 0. The molecule has 4 bridgehead atoms. The van der Waals surface area contributed by atoms with Crippen LogP contribution in [0.25, 0.3) is 0 Å². The Morgan fingerprint density at radius 3 is 2.44 bits per heavy atom.